The minimum absolute atomic E-state index is 0.0525. The van der Waals surface area contributed by atoms with Crippen LogP contribution in [0.4, 0.5) is 29.7 Å². The molecule has 0 unspecified atom stereocenters. The van der Waals surface area contributed by atoms with Gasteiger partial charge in [-0.25, -0.2) is 19.4 Å². The standard InChI is InChI=1S/C21H28ClF3N6O3/c1-11-8-31(19(32)34-20(3,4)5)9-13(11)10-33-15-12(2)29-30(6)17(15)28-18-26-7-14(16(22)27-18)21(23,24)25/h7,11,13H,8-10H2,1-6H3,(H,26,27,28)/t11-,13+/m1/s1. The number of likely N-dealkylation sites (tertiary alicyclic amines) is 1. The quantitative estimate of drug-likeness (QED) is 0.583. The zero-order chi connectivity index (χ0) is 25.4. The largest absolute Gasteiger partial charge is 0.487 e. The molecule has 1 amide bonds. The summed E-state index contributed by atoms with van der Waals surface area (Å²) in [5.41, 5.74) is -1.13. The van der Waals surface area contributed by atoms with Gasteiger partial charge in [0.15, 0.2) is 11.6 Å². The van der Waals surface area contributed by atoms with Crippen molar-refractivity contribution < 1.29 is 27.4 Å². The van der Waals surface area contributed by atoms with Crippen molar-refractivity contribution in [3.05, 3.63) is 22.6 Å². The molecule has 9 nitrogen and oxygen atoms in total. The van der Waals surface area contributed by atoms with Gasteiger partial charge in [-0.3, -0.25) is 0 Å². The van der Waals surface area contributed by atoms with Gasteiger partial charge < -0.3 is 19.7 Å². The van der Waals surface area contributed by atoms with Crippen LogP contribution in [0.25, 0.3) is 0 Å². The van der Waals surface area contributed by atoms with Crippen LogP contribution in [-0.2, 0) is 18.0 Å². The third-order valence-corrected chi connectivity index (χ3v) is 5.59. The Labute approximate surface area is 200 Å². The molecular formula is C21H28ClF3N6O3. The van der Waals surface area contributed by atoms with Gasteiger partial charge in [0, 0.05) is 32.3 Å². The summed E-state index contributed by atoms with van der Waals surface area (Å²) in [5.74, 6) is 0.874. The van der Waals surface area contributed by atoms with E-state index >= 15 is 0 Å². The lowest BCUT2D eigenvalue weighted by Crippen LogP contribution is -2.35. The molecule has 2 aromatic heterocycles. The molecule has 3 heterocycles. The van der Waals surface area contributed by atoms with Crippen LogP contribution in [0.15, 0.2) is 6.20 Å². The highest BCUT2D eigenvalue weighted by molar-refractivity contribution is 6.30. The van der Waals surface area contributed by atoms with Crippen molar-refractivity contribution in [1.82, 2.24) is 24.6 Å². The van der Waals surface area contributed by atoms with E-state index in [0.717, 1.165) is 0 Å². The number of alkyl halides is 3. The maximum atomic E-state index is 12.9. The summed E-state index contributed by atoms with van der Waals surface area (Å²) in [6, 6.07) is 0. The molecule has 34 heavy (non-hydrogen) atoms. The highest BCUT2D eigenvalue weighted by Crippen LogP contribution is 2.35. The molecular weight excluding hydrogens is 477 g/mol. The van der Waals surface area contributed by atoms with Gasteiger partial charge >= 0.3 is 12.3 Å². The summed E-state index contributed by atoms with van der Waals surface area (Å²) in [6.07, 6.45) is -4.40. The van der Waals surface area contributed by atoms with Crippen LogP contribution in [0.3, 0.4) is 0 Å². The topological polar surface area (TPSA) is 94.4 Å². The molecule has 2 aromatic rings. The van der Waals surface area contributed by atoms with Crippen LogP contribution in [0.1, 0.15) is 39.0 Å². The second kappa shape index (κ2) is 9.47. The number of carbonyl (C=O) groups excluding carboxylic acids is 1. The fourth-order valence-electron chi connectivity index (χ4n) is 3.58. The fourth-order valence-corrected chi connectivity index (χ4v) is 3.82. The van der Waals surface area contributed by atoms with E-state index in [4.69, 9.17) is 21.1 Å². The lowest BCUT2D eigenvalue weighted by molar-refractivity contribution is -0.137. The Hall–Kier alpha value is -2.76. The number of rotatable bonds is 5. The van der Waals surface area contributed by atoms with Crippen molar-refractivity contribution in [3.8, 4) is 5.75 Å². The normalized spacial score (nSPS) is 18.8. The number of carbonyl (C=O) groups is 1. The summed E-state index contributed by atoms with van der Waals surface area (Å²) in [4.78, 5) is 21.5. The molecule has 0 aromatic carbocycles. The lowest BCUT2D eigenvalue weighted by atomic mass is 9.99. The molecule has 1 saturated heterocycles. The Kier molecular flexibility index (Phi) is 7.20. The van der Waals surface area contributed by atoms with E-state index in [9.17, 15) is 18.0 Å². The van der Waals surface area contributed by atoms with Gasteiger partial charge in [0.25, 0.3) is 0 Å². The van der Waals surface area contributed by atoms with E-state index in [1.165, 1.54) is 4.68 Å². The number of anilines is 2. The molecule has 13 heteroatoms. The first-order chi connectivity index (χ1) is 15.7. The number of amides is 1. The van der Waals surface area contributed by atoms with Gasteiger partial charge in [0.2, 0.25) is 5.95 Å². The number of halogens is 4. The predicted octanol–water partition coefficient (Wildman–Crippen LogP) is 4.82. The summed E-state index contributed by atoms with van der Waals surface area (Å²) >= 11 is 5.70. The highest BCUT2D eigenvalue weighted by atomic mass is 35.5. The molecule has 1 aliphatic heterocycles. The Morgan fingerprint density at radius 3 is 2.56 bits per heavy atom. The summed E-state index contributed by atoms with van der Waals surface area (Å²) < 4.78 is 51.8. The first-order valence-corrected chi connectivity index (χ1v) is 11.0. The maximum absolute atomic E-state index is 12.9. The third kappa shape index (κ3) is 6.02. The number of aromatic nitrogens is 4. The van der Waals surface area contributed by atoms with E-state index < -0.39 is 22.5 Å². The third-order valence-electron chi connectivity index (χ3n) is 5.31. The highest BCUT2D eigenvalue weighted by Gasteiger charge is 2.36. The molecule has 1 N–H and O–H groups in total. The fraction of sp³-hybridized carbons (Fsp3) is 0.619. The summed E-state index contributed by atoms with van der Waals surface area (Å²) in [6.45, 7) is 10.6. The van der Waals surface area contributed by atoms with Crippen LogP contribution in [-0.4, -0.2) is 56.0 Å². The van der Waals surface area contributed by atoms with Gasteiger partial charge in [-0.2, -0.15) is 18.3 Å². The van der Waals surface area contributed by atoms with Gasteiger partial charge in [-0.05, 0) is 33.6 Å². The zero-order valence-corrected chi connectivity index (χ0v) is 20.6. The average molecular weight is 505 g/mol. The van der Waals surface area contributed by atoms with Gasteiger partial charge in [-0.15, -0.1) is 0 Å². The van der Waals surface area contributed by atoms with Crippen LogP contribution in [0, 0.1) is 18.8 Å². The van der Waals surface area contributed by atoms with Crippen molar-refractivity contribution >= 4 is 29.5 Å². The number of nitrogens with zero attached hydrogens (tertiary/aromatic N) is 5. The van der Waals surface area contributed by atoms with E-state index in [1.54, 1.807) is 18.9 Å². The number of ether oxygens (including phenoxy) is 2. The van der Waals surface area contributed by atoms with E-state index in [-0.39, 0.29) is 23.9 Å². The van der Waals surface area contributed by atoms with Crippen LogP contribution >= 0.6 is 11.6 Å². The number of nitrogens with one attached hydrogen (secondary N) is 1. The van der Waals surface area contributed by atoms with Crippen molar-refractivity contribution in [3.63, 3.8) is 0 Å². The van der Waals surface area contributed by atoms with E-state index in [2.05, 4.69) is 20.4 Å². The minimum atomic E-state index is -4.65. The van der Waals surface area contributed by atoms with E-state index in [1.807, 2.05) is 27.7 Å². The lowest BCUT2D eigenvalue weighted by Gasteiger charge is -2.24. The molecule has 0 bridgehead atoms. The Morgan fingerprint density at radius 2 is 1.97 bits per heavy atom. The minimum Gasteiger partial charge on any atom is -0.487 e. The number of hydrogen-bond donors (Lipinski definition) is 1. The monoisotopic (exact) mass is 504 g/mol. The van der Waals surface area contributed by atoms with Crippen molar-refractivity contribution in [1.29, 1.82) is 0 Å². The Morgan fingerprint density at radius 1 is 1.29 bits per heavy atom. The number of hydrogen-bond acceptors (Lipinski definition) is 7. The molecule has 3 rings (SSSR count). The van der Waals surface area contributed by atoms with Crippen molar-refractivity contribution in [2.24, 2.45) is 18.9 Å². The second-order valence-corrected chi connectivity index (χ2v) is 9.70. The molecule has 1 fully saturated rings. The molecule has 188 valence electrons. The van der Waals surface area contributed by atoms with Crippen molar-refractivity contribution in [2.75, 3.05) is 25.0 Å². The Balaban J connectivity index is 1.70. The van der Waals surface area contributed by atoms with Crippen LogP contribution in [0.5, 0.6) is 5.75 Å². The van der Waals surface area contributed by atoms with Crippen molar-refractivity contribution in [2.45, 2.75) is 46.4 Å². The number of aryl methyl sites for hydroxylation is 2. The van der Waals surface area contributed by atoms with Crippen LogP contribution in [0.2, 0.25) is 5.15 Å². The SMILES string of the molecule is Cc1nn(C)c(Nc2ncc(C(F)(F)F)c(Cl)n2)c1OC[C@@H]1CN(C(=O)OC(C)(C)C)C[C@H]1C. The molecule has 0 aliphatic carbocycles. The predicted molar refractivity (Wildman–Crippen MR) is 119 cm³/mol. The van der Waals surface area contributed by atoms with Gasteiger partial charge in [0.1, 0.15) is 22.0 Å². The summed E-state index contributed by atoms with van der Waals surface area (Å²) in [5, 5.41) is 6.43. The molecule has 2 atom stereocenters. The molecule has 0 radical (unpaired) electrons. The second-order valence-electron chi connectivity index (χ2n) is 9.34. The Bertz CT molecular complexity index is 1050. The molecule has 0 spiro atoms. The molecule has 1 aliphatic rings. The first kappa shape index (κ1) is 25.9. The van der Waals surface area contributed by atoms with Gasteiger partial charge in [0.05, 0.1) is 6.61 Å². The van der Waals surface area contributed by atoms with E-state index in [0.29, 0.717) is 43.2 Å². The summed E-state index contributed by atoms with van der Waals surface area (Å²) in [7, 11) is 1.65. The van der Waals surface area contributed by atoms with Crippen LogP contribution < -0.4 is 10.1 Å². The average Bonchev–Trinajstić information content (AvgIpc) is 3.17. The zero-order valence-electron chi connectivity index (χ0n) is 19.8. The van der Waals surface area contributed by atoms with Gasteiger partial charge in [-0.1, -0.05) is 18.5 Å². The maximum Gasteiger partial charge on any atom is 0.420 e. The molecule has 0 saturated carbocycles. The first-order valence-electron chi connectivity index (χ1n) is 10.7. The smallest absolute Gasteiger partial charge is 0.420 e.